The Hall–Kier alpha value is -5.59. The van der Waals surface area contributed by atoms with Gasteiger partial charge in [0.1, 0.15) is 11.5 Å². The molecule has 1 aliphatic heterocycles. The number of fused-ring (bicyclic) bond motifs is 3. The van der Waals surface area contributed by atoms with Crippen LogP contribution in [-0.4, -0.2) is 44.5 Å². The zero-order valence-corrected chi connectivity index (χ0v) is 25.4. The molecule has 0 fully saturated rings. The topological polar surface area (TPSA) is 117 Å². The van der Waals surface area contributed by atoms with Crippen molar-refractivity contribution in [3.8, 4) is 11.8 Å². The van der Waals surface area contributed by atoms with Crippen LogP contribution in [-0.2, 0) is 19.4 Å². The van der Waals surface area contributed by atoms with Crippen molar-refractivity contribution < 1.29 is 14.0 Å². The third-order valence-electron chi connectivity index (χ3n) is 7.84. The summed E-state index contributed by atoms with van der Waals surface area (Å²) in [7, 11) is 1.53. The summed E-state index contributed by atoms with van der Waals surface area (Å²) in [5, 5.41) is 16.4. The van der Waals surface area contributed by atoms with Crippen LogP contribution >= 0.6 is 15.9 Å². The van der Waals surface area contributed by atoms with Gasteiger partial charge in [-0.2, -0.15) is 10.4 Å². The number of hydrogen-bond acceptors (Lipinski definition) is 5. The predicted octanol–water partition coefficient (Wildman–Crippen LogP) is 4.96. The van der Waals surface area contributed by atoms with Crippen LogP contribution in [0.1, 0.15) is 48.7 Å². The number of carbonyl (C=O) groups is 2. The van der Waals surface area contributed by atoms with Gasteiger partial charge in [-0.05, 0) is 54.4 Å². The van der Waals surface area contributed by atoms with E-state index < -0.39 is 5.82 Å². The lowest BCUT2D eigenvalue weighted by Gasteiger charge is -2.30. The molecule has 5 aromatic rings. The number of carbonyl (C=O) groups excluding carboxylic acids is 2. The van der Waals surface area contributed by atoms with E-state index in [0.717, 1.165) is 0 Å². The number of amides is 2. The van der Waals surface area contributed by atoms with Crippen molar-refractivity contribution >= 4 is 39.1 Å². The number of nitrogens with zero attached hydrogens (tertiary/aromatic N) is 6. The molecule has 1 N–H and O–H groups in total. The zero-order chi connectivity index (χ0) is 31.8. The van der Waals surface area contributed by atoms with E-state index in [1.165, 1.54) is 35.9 Å². The van der Waals surface area contributed by atoms with Gasteiger partial charge in [-0.25, -0.2) is 13.8 Å². The summed E-state index contributed by atoms with van der Waals surface area (Å²) in [6, 6.07) is 17.5. The molecule has 0 saturated carbocycles. The fourth-order valence-corrected chi connectivity index (χ4v) is 5.87. The second-order valence-electron chi connectivity index (χ2n) is 10.4. The number of nitriles is 1. The molecule has 0 spiro atoms. The second kappa shape index (κ2) is 11.8. The minimum atomic E-state index is -0.555. The zero-order valence-electron chi connectivity index (χ0n) is 23.8. The molecule has 10 nitrogen and oxygen atoms in total. The van der Waals surface area contributed by atoms with Gasteiger partial charge in [-0.15, -0.1) is 0 Å². The first-order valence-corrected chi connectivity index (χ1v) is 14.6. The number of hydrogen-bond donors (Lipinski definition) is 1. The Morgan fingerprint density at radius 1 is 1.11 bits per heavy atom. The molecule has 6 rings (SSSR count). The number of aromatic nitrogens is 3. The molecule has 2 amide bonds. The third-order valence-corrected chi connectivity index (χ3v) is 8.52. The van der Waals surface area contributed by atoms with E-state index in [1.54, 1.807) is 52.0 Å². The summed E-state index contributed by atoms with van der Waals surface area (Å²) in [4.78, 5) is 45.0. The molecular formula is C33H23BrFN7O3. The minimum absolute atomic E-state index is 0.0799. The van der Waals surface area contributed by atoms with Crippen LogP contribution in [0.25, 0.3) is 16.2 Å². The molecule has 0 radical (unpaired) electrons. The average Bonchev–Trinajstić information content (AvgIpc) is 3.48. The van der Waals surface area contributed by atoms with Gasteiger partial charge >= 0.3 is 0 Å². The Morgan fingerprint density at radius 3 is 2.56 bits per heavy atom. The smallest absolute Gasteiger partial charge is 0.261 e. The van der Waals surface area contributed by atoms with Crippen molar-refractivity contribution in [2.75, 3.05) is 13.6 Å². The summed E-state index contributed by atoms with van der Waals surface area (Å²) in [5.74, 6) is -1.11. The van der Waals surface area contributed by atoms with Crippen molar-refractivity contribution in [2.24, 2.45) is 0 Å². The van der Waals surface area contributed by atoms with E-state index in [4.69, 9.17) is 11.8 Å². The van der Waals surface area contributed by atoms with Gasteiger partial charge in [0.05, 0.1) is 42.3 Å². The lowest BCUT2D eigenvalue weighted by molar-refractivity contribution is 0.0729. The standard InChI is InChI=1S/C33H23BrFN7O3/c1-37-28-15-22(7-10-26(28)34)32(44)40-12-11-25-29(18-40)42-31(23(17-39-42)14-21-4-3-19(16-36)13-27(21)35)41(33(25)45)24-8-5-20(6-9-24)30(43)38-2/h3-10,13,15,17H,11-12,14,18H2,2H3,(H,38,43). The van der Waals surface area contributed by atoms with Gasteiger partial charge in [0.15, 0.2) is 0 Å². The fourth-order valence-electron chi connectivity index (χ4n) is 5.54. The Balaban J connectivity index is 1.49. The average molecular weight is 664 g/mol. The van der Waals surface area contributed by atoms with E-state index in [-0.39, 0.29) is 48.9 Å². The monoisotopic (exact) mass is 663 g/mol. The maximum Gasteiger partial charge on any atom is 0.261 e. The highest BCUT2D eigenvalue weighted by molar-refractivity contribution is 9.10. The number of benzene rings is 3. The van der Waals surface area contributed by atoms with Crippen LogP contribution in [0.3, 0.4) is 0 Å². The fraction of sp³-hybridized carbons (Fsp3) is 0.152. The lowest BCUT2D eigenvalue weighted by atomic mass is 10.0. The highest BCUT2D eigenvalue weighted by Gasteiger charge is 2.29. The van der Waals surface area contributed by atoms with Crippen molar-refractivity contribution in [1.29, 1.82) is 5.26 Å². The van der Waals surface area contributed by atoms with E-state index in [0.29, 0.717) is 55.0 Å². The lowest BCUT2D eigenvalue weighted by Crippen LogP contribution is -2.41. The number of nitrogens with one attached hydrogen (secondary N) is 1. The largest absolute Gasteiger partial charge is 0.355 e. The maximum atomic E-state index is 15.0. The normalized spacial score (nSPS) is 12.3. The molecule has 1 aliphatic rings. The SMILES string of the molecule is [C-]#[N+]c1cc(C(=O)N2CCc3c(n4ncc(Cc5ccc(C#N)cc5F)c4n(-c4ccc(C(=O)NC)cc4)c3=O)C2)ccc1Br. The van der Waals surface area contributed by atoms with Crippen molar-refractivity contribution in [3.05, 3.63) is 138 Å². The van der Waals surface area contributed by atoms with Gasteiger partial charge in [0.25, 0.3) is 17.4 Å². The summed E-state index contributed by atoms with van der Waals surface area (Å²) in [6.45, 7) is 7.75. The summed E-state index contributed by atoms with van der Waals surface area (Å²) in [6.07, 6.45) is 1.91. The molecule has 12 heteroatoms. The Bertz CT molecular complexity index is 2170. The molecule has 0 atom stereocenters. The van der Waals surface area contributed by atoms with Gasteiger partial charge in [0.2, 0.25) is 5.69 Å². The van der Waals surface area contributed by atoms with Crippen molar-refractivity contribution in [2.45, 2.75) is 19.4 Å². The first-order valence-electron chi connectivity index (χ1n) is 13.8. The summed E-state index contributed by atoms with van der Waals surface area (Å²) >= 11 is 3.33. The molecule has 0 aliphatic carbocycles. The Labute approximate surface area is 264 Å². The first-order chi connectivity index (χ1) is 21.7. The second-order valence-corrected chi connectivity index (χ2v) is 11.3. The molecule has 0 unspecified atom stereocenters. The van der Waals surface area contributed by atoms with Gasteiger partial charge in [0, 0.05) is 46.7 Å². The number of rotatable bonds is 5. The predicted molar refractivity (Wildman–Crippen MR) is 167 cm³/mol. The van der Waals surface area contributed by atoms with E-state index in [9.17, 15) is 18.8 Å². The van der Waals surface area contributed by atoms with Gasteiger partial charge < -0.3 is 10.2 Å². The quantitative estimate of drug-likeness (QED) is 0.267. The summed E-state index contributed by atoms with van der Waals surface area (Å²) in [5.41, 5.74) is 3.73. The maximum absolute atomic E-state index is 15.0. The van der Waals surface area contributed by atoms with E-state index in [2.05, 4.69) is 31.2 Å². The molecule has 2 aromatic heterocycles. The van der Waals surface area contributed by atoms with Crippen molar-refractivity contribution in [1.82, 2.24) is 24.4 Å². The number of halogens is 2. The third kappa shape index (κ3) is 5.26. The molecule has 45 heavy (non-hydrogen) atoms. The summed E-state index contributed by atoms with van der Waals surface area (Å²) < 4.78 is 18.7. The highest BCUT2D eigenvalue weighted by Crippen LogP contribution is 2.29. The first kappa shape index (κ1) is 29.5. The Morgan fingerprint density at radius 2 is 1.87 bits per heavy atom. The van der Waals surface area contributed by atoms with Gasteiger partial charge in [-0.1, -0.05) is 34.1 Å². The van der Waals surface area contributed by atoms with Crippen LogP contribution in [0, 0.1) is 23.7 Å². The molecule has 0 saturated heterocycles. The van der Waals surface area contributed by atoms with Crippen LogP contribution in [0.4, 0.5) is 10.1 Å². The van der Waals surface area contributed by atoms with E-state index >= 15 is 0 Å². The van der Waals surface area contributed by atoms with Gasteiger partial charge in [-0.3, -0.25) is 19.0 Å². The molecule has 3 heterocycles. The van der Waals surface area contributed by atoms with Crippen LogP contribution in [0.15, 0.2) is 76.1 Å². The minimum Gasteiger partial charge on any atom is -0.355 e. The molecule has 3 aromatic carbocycles. The van der Waals surface area contributed by atoms with Crippen LogP contribution in [0.5, 0.6) is 0 Å². The highest BCUT2D eigenvalue weighted by atomic mass is 79.9. The van der Waals surface area contributed by atoms with E-state index in [1.807, 2.05) is 6.07 Å². The van der Waals surface area contributed by atoms with Crippen LogP contribution < -0.4 is 10.9 Å². The van der Waals surface area contributed by atoms with Crippen LogP contribution in [0.2, 0.25) is 0 Å². The molecule has 0 bridgehead atoms. The molecule has 222 valence electrons. The molecular weight excluding hydrogens is 641 g/mol. The Kier molecular flexibility index (Phi) is 7.75. The van der Waals surface area contributed by atoms with Crippen molar-refractivity contribution in [3.63, 3.8) is 0 Å².